The van der Waals surface area contributed by atoms with E-state index in [0.29, 0.717) is 6.42 Å². The molecular weight excluding hydrogens is 150 g/mol. The predicted molar refractivity (Wildman–Crippen MR) is 50.2 cm³/mol. The summed E-state index contributed by atoms with van der Waals surface area (Å²) < 4.78 is 0. The molecule has 1 amide bonds. The molecule has 12 heavy (non-hydrogen) atoms. The van der Waals surface area contributed by atoms with Crippen molar-refractivity contribution in [1.29, 1.82) is 0 Å². The molecule has 1 aromatic carbocycles. The number of carbonyl (C=O) groups excluding carboxylic acids is 1. The van der Waals surface area contributed by atoms with Crippen molar-refractivity contribution in [2.45, 2.75) is 19.8 Å². The lowest BCUT2D eigenvalue weighted by molar-refractivity contribution is -0.116. The lowest BCUT2D eigenvalue weighted by Crippen LogP contribution is -2.18. The molecule has 1 N–H and O–H groups in total. The molecule has 0 atom stereocenters. The van der Waals surface area contributed by atoms with Crippen LogP contribution in [-0.4, -0.2) is 5.91 Å². The molecule has 1 heterocycles. The average molecular weight is 163 g/mol. The van der Waals surface area contributed by atoms with E-state index < -0.39 is 0 Å². The molecule has 0 saturated carbocycles. The van der Waals surface area contributed by atoms with Crippen molar-refractivity contribution in [3.63, 3.8) is 0 Å². The number of carbonyl (C=O) groups is 1. The van der Waals surface area contributed by atoms with Gasteiger partial charge in [-0.2, -0.15) is 0 Å². The van der Waals surface area contributed by atoms with E-state index in [-0.39, 0.29) is 7.33 Å². The van der Waals surface area contributed by atoms with Crippen LogP contribution in [0.2, 0.25) is 0 Å². The summed E-state index contributed by atoms with van der Waals surface area (Å²) in [6, 6.07) is 6.19. The van der Waals surface area contributed by atoms with E-state index in [4.69, 9.17) is 0 Å². The van der Waals surface area contributed by atoms with Gasteiger partial charge in [0.1, 0.15) is 0 Å². The Kier molecular flexibility index (Phi) is 1.61. The number of aryl methyl sites for hydroxylation is 2. The fraction of sp³-hybridized carbons (Fsp3) is 0.300. The molecule has 2 nitrogen and oxygen atoms in total. The molecule has 0 bridgehead atoms. The minimum Gasteiger partial charge on any atom is -0.326 e. The van der Waals surface area contributed by atoms with Gasteiger partial charge in [-0.3, -0.25) is 4.79 Å². The smallest absolute Gasteiger partial charge is 0.224 e. The summed E-state index contributed by atoms with van der Waals surface area (Å²) in [5.41, 5.74) is 3.43. The Morgan fingerprint density at radius 1 is 1.42 bits per heavy atom. The molecule has 2 heteroatoms. The van der Waals surface area contributed by atoms with E-state index in [0.717, 1.165) is 12.1 Å². The molecular formula is C10H13NO. The zero-order chi connectivity index (χ0) is 8.55. The van der Waals surface area contributed by atoms with Gasteiger partial charge < -0.3 is 5.32 Å². The van der Waals surface area contributed by atoms with Gasteiger partial charge in [0.25, 0.3) is 0 Å². The molecule has 64 valence electrons. The van der Waals surface area contributed by atoms with Crippen molar-refractivity contribution in [3.05, 3.63) is 29.3 Å². The van der Waals surface area contributed by atoms with Crippen LogP contribution in [-0.2, 0) is 11.2 Å². The first-order chi connectivity index (χ1) is 5.75. The van der Waals surface area contributed by atoms with Crippen molar-refractivity contribution >= 4 is 11.6 Å². The summed E-state index contributed by atoms with van der Waals surface area (Å²) in [4.78, 5) is 11.0. The van der Waals surface area contributed by atoms with E-state index in [9.17, 15) is 4.79 Å². The Hall–Kier alpha value is -1.31. The van der Waals surface area contributed by atoms with Crippen LogP contribution in [0.4, 0.5) is 5.69 Å². The second-order valence-corrected chi connectivity index (χ2v) is 3.21. The minimum absolute atomic E-state index is 0. The Labute approximate surface area is 73.1 Å². The Balaban J connectivity index is 0.000000845. The van der Waals surface area contributed by atoms with Crippen LogP contribution >= 0.6 is 0 Å². The average Bonchev–Trinajstić information content (AvgIpc) is 2.03. The first-order valence-corrected chi connectivity index (χ1v) is 4.15. The quantitative estimate of drug-likeness (QED) is 0.623. The molecule has 0 unspecified atom stereocenters. The van der Waals surface area contributed by atoms with Crippen LogP contribution in [0.15, 0.2) is 18.2 Å². The standard InChI is InChI=1S/C10H11NO.H2/c1-7-2-3-8-4-5-10(12)11-9(8)6-7;/h2-3,6H,4-5H2,1H3,(H,11,12);1H. The van der Waals surface area contributed by atoms with Crippen LogP contribution in [0.3, 0.4) is 0 Å². The van der Waals surface area contributed by atoms with Crippen molar-refractivity contribution in [1.82, 2.24) is 0 Å². The first kappa shape index (κ1) is 7.35. The second-order valence-electron chi connectivity index (χ2n) is 3.21. The monoisotopic (exact) mass is 163 g/mol. The summed E-state index contributed by atoms with van der Waals surface area (Å²) in [5.74, 6) is 0.133. The molecule has 0 spiro atoms. The third-order valence-electron chi connectivity index (χ3n) is 2.16. The normalized spacial score (nSPS) is 15.2. The van der Waals surface area contributed by atoms with E-state index in [1.165, 1.54) is 11.1 Å². The lowest BCUT2D eigenvalue weighted by Gasteiger charge is -2.16. The van der Waals surface area contributed by atoms with Crippen molar-refractivity contribution in [2.24, 2.45) is 0 Å². The van der Waals surface area contributed by atoms with Gasteiger partial charge >= 0.3 is 0 Å². The minimum atomic E-state index is 0. The molecule has 0 aromatic heterocycles. The van der Waals surface area contributed by atoms with E-state index >= 15 is 0 Å². The number of hydrogen-bond donors (Lipinski definition) is 1. The van der Waals surface area contributed by atoms with Gasteiger partial charge in [0, 0.05) is 13.5 Å². The SMILES string of the molecule is Cc1ccc2c(c1)NC(=O)CC2.[HH]. The van der Waals surface area contributed by atoms with Crippen LogP contribution in [0.25, 0.3) is 0 Å². The molecule has 0 radical (unpaired) electrons. The first-order valence-electron chi connectivity index (χ1n) is 4.15. The summed E-state index contributed by atoms with van der Waals surface area (Å²) >= 11 is 0. The van der Waals surface area contributed by atoms with Gasteiger partial charge in [0.15, 0.2) is 0 Å². The van der Waals surface area contributed by atoms with Gasteiger partial charge in [0.05, 0.1) is 0 Å². The zero-order valence-corrected chi connectivity index (χ0v) is 7.05. The predicted octanol–water partition coefficient (Wildman–Crippen LogP) is 2.13. The molecule has 2 rings (SSSR count). The maximum absolute atomic E-state index is 11.0. The third kappa shape index (κ3) is 1.20. The number of rotatable bonds is 0. The molecule has 1 aliphatic rings. The highest BCUT2D eigenvalue weighted by atomic mass is 16.1. The Morgan fingerprint density at radius 3 is 3.08 bits per heavy atom. The fourth-order valence-electron chi connectivity index (χ4n) is 1.49. The van der Waals surface area contributed by atoms with E-state index in [1.54, 1.807) is 0 Å². The van der Waals surface area contributed by atoms with Crippen LogP contribution in [0.5, 0.6) is 0 Å². The highest BCUT2D eigenvalue weighted by Gasteiger charge is 2.13. The van der Waals surface area contributed by atoms with Crippen LogP contribution in [0.1, 0.15) is 19.0 Å². The number of anilines is 1. The Morgan fingerprint density at radius 2 is 2.25 bits per heavy atom. The Bertz CT molecular complexity index is 336. The van der Waals surface area contributed by atoms with Gasteiger partial charge in [-0.1, -0.05) is 12.1 Å². The maximum Gasteiger partial charge on any atom is 0.224 e. The number of benzene rings is 1. The fourth-order valence-corrected chi connectivity index (χ4v) is 1.49. The topological polar surface area (TPSA) is 29.1 Å². The molecule has 1 aliphatic heterocycles. The number of amides is 1. The van der Waals surface area contributed by atoms with Crippen molar-refractivity contribution < 1.29 is 6.22 Å². The number of fused-ring (bicyclic) bond motifs is 1. The van der Waals surface area contributed by atoms with Crippen LogP contribution < -0.4 is 5.32 Å². The van der Waals surface area contributed by atoms with E-state index in [2.05, 4.69) is 17.4 Å². The molecule has 0 saturated heterocycles. The summed E-state index contributed by atoms with van der Waals surface area (Å²) in [6.07, 6.45) is 1.50. The van der Waals surface area contributed by atoms with Crippen molar-refractivity contribution in [3.8, 4) is 0 Å². The highest BCUT2D eigenvalue weighted by molar-refractivity contribution is 5.93. The number of nitrogens with one attached hydrogen (secondary N) is 1. The third-order valence-corrected chi connectivity index (χ3v) is 2.16. The largest absolute Gasteiger partial charge is 0.326 e. The van der Waals surface area contributed by atoms with E-state index in [1.807, 2.05) is 13.0 Å². The summed E-state index contributed by atoms with van der Waals surface area (Å²) in [7, 11) is 0. The van der Waals surface area contributed by atoms with Gasteiger partial charge in [-0.05, 0) is 30.5 Å². The zero-order valence-electron chi connectivity index (χ0n) is 7.05. The molecule has 0 fully saturated rings. The molecule has 1 aromatic rings. The lowest BCUT2D eigenvalue weighted by atomic mass is 10.0. The highest BCUT2D eigenvalue weighted by Crippen LogP contribution is 2.22. The molecule has 0 aliphatic carbocycles. The van der Waals surface area contributed by atoms with Crippen molar-refractivity contribution in [2.75, 3.05) is 5.32 Å². The summed E-state index contributed by atoms with van der Waals surface area (Å²) in [5, 5.41) is 2.86. The summed E-state index contributed by atoms with van der Waals surface area (Å²) in [6.45, 7) is 2.03. The maximum atomic E-state index is 11.0. The number of hydrogen-bond acceptors (Lipinski definition) is 1. The van der Waals surface area contributed by atoms with Gasteiger partial charge in [-0.15, -0.1) is 0 Å². The van der Waals surface area contributed by atoms with Gasteiger partial charge in [0.2, 0.25) is 5.91 Å². The van der Waals surface area contributed by atoms with Crippen LogP contribution in [0, 0.1) is 6.92 Å². The second kappa shape index (κ2) is 2.63. The van der Waals surface area contributed by atoms with Gasteiger partial charge in [-0.25, -0.2) is 0 Å².